The van der Waals surface area contributed by atoms with Crippen molar-refractivity contribution in [3.8, 4) is 0 Å². The van der Waals surface area contributed by atoms with Gasteiger partial charge in [-0.1, -0.05) is 30.8 Å². The van der Waals surface area contributed by atoms with E-state index in [-0.39, 0.29) is 5.97 Å². The molecule has 0 N–H and O–H groups in total. The van der Waals surface area contributed by atoms with Gasteiger partial charge >= 0.3 is 5.97 Å². The molecule has 0 amide bonds. The molecule has 0 atom stereocenters. The van der Waals surface area contributed by atoms with Crippen LogP contribution in [0.15, 0.2) is 36.9 Å². The van der Waals surface area contributed by atoms with Crippen LogP contribution in [-0.2, 0) is 20.4 Å². The van der Waals surface area contributed by atoms with E-state index in [1.807, 2.05) is 12.1 Å². The summed E-state index contributed by atoms with van der Waals surface area (Å²) in [5.74, 6) is -0.364. The van der Waals surface area contributed by atoms with E-state index in [0.717, 1.165) is 12.8 Å². The maximum Gasteiger partial charge on any atom is 0.330 e. The van der Waals surface area contributed by atoms with Crippen LogP contribution in [0.5, 0.6) is 0 Å². The van der Waals surface area contributed by atoms with E-state index in [1.165, 1.54) is 16.8 Å². The highest BCUT2D eigenvalue weighted by atomic mass is 28.2. The summed E-state index contributed by atoms with van der Waals surface area (Å²) in [7, 11) is 2.06. The lowest BCUT2D eigenvalue weighted by atomic mass is 10.1. The number of carbonyl (C=O) groups excluding carboxylic acids is 1. The third kappa shape index (κ3) is 4.97. The molecule has 0 bridgehead atoms. The summed E-state index contributed by atoms with van der Waals surface area (Å²) in [6.45, 7) is 3.77. The molecule has 0 saturated heterocycles. The Balaban J connectivity index is 2.40. The van der Waals surface area contributed by atoms with Gasteiger partial charge in [-0.15, -0.1) is 0 Å². The Labute approximate surface area is 104 Å². The maximum atomic E-state index is 10.8. The van der Waals surface area contributed by atoms with Gasteiger partial charge < -0.3 is 9.16 Å². The number of esters is 1. The summed E-state index contributed by atoms with van der Waals surface area (Å²) in [5.41, 5.74) is 1.25. The van der Waals surface area contributed by atoms with Crippen molar-refractivity contribution in [1.29, 1.82) is 0 Å². The molecule has 3 nitrogen and oxygen atoms in total. The smallest absolute Gasteiger partial charge is 0.330 e. The second-order valence-electron chi connectivity index (χ2n) is 3.44. The van der Waals surface area contributed by atoms with Gasteiger partial charge in [0.05, 0.1) is 6.61 Å². The first-order chi connectivity index (χ1) is 8.27. The Kier molecular flexibility index (Phi) is 6.28. The van der Waals surface area contributed by atoms with Crippen LogP contribution in [0.3, 0.4) is 0 Å². The first-order valence-electron chi connectivity index (χ1n) is 5.44. The largest absolute Gasteiger partial charge is 0.463 e. The zero-order valence-electron chi connectivity index (χ0n) is 9.94. The van der Waals surface area contributed by atoms with Crippen LogP contribution in [0.4, 0.5) is 0 Å². The molecule has 0 aromatic heterocycles. The number of aryl methyl sites for hydroxylation is 1. The third-order valence-electron chi connectivity index (χ3n) is 2.23. The molecule has 0 aliphatic rings. The molecule has 0 saturated carbocycles. The van der Waals surface area contributed by atoms with Crippen LogP contribution in [0.25, 0.3) is 0 Å². The van der Waals surface area contributed by atoms with Crippen LogP contribution < -0.4 is 5.19 Å². The molecule has 1 aromatic carbocycles. The standard InChI is InChI=1S/C13H16O3Si/c1-3-13(14)16-10-6-8-11-7-4-5-9-12(11)17-15-2/h3-5,7,9H,1,6,8,10H2,2H3. The summed E-state index contributed by atoms with van der Waals surface area (Å²) < 4.78 is 10.1. The fraction of sp³-hybridized carbons (Fsp3) is 0.308. The second kappa shape index (κ2) is 7.81. The number of rotatable bonds is 7. The molecule has 1 rings (SSSR count). The average molecular weight is 248 g/mol. The zero-order chi connectivity index (χ0) is 12.5. The van der Waals surface area contributed by atoms with Gasteiger partial charge in [0.25, 0.3) is 9.76 Å². The zero-order valence-corrected chi connectivity index (χ0v) is 10.9. The Morgan fingerprint density at radius 1 is 1.47 bits per heavy atom. The molecule has 0 unspecified atom stereocenters. The minimum Gasteiger partial charge on any atom is -0.463 e. The summed E-state index contributed by atoms with van der Waals surface area (Å²) in [6.07, 6.45) is 2.88. The highest BCUT2D eigenvalue weighted by molar-refractivity contribution is 6.47. The van der Waals surface area contributed by atoms with E-state index < -0.39 is 0 Å². The molecule has 90 valence electrons. The number of ether oxygens (including phenoxy) is 1. The molecular weight excluding hydrogens is 232 g/mol. The van der Waals surface area contributed by atoms with Crippen molar-refractivity contribution < 1.29 is 14.0 Å². The quantitative estimate of drug-likeness (QED) is 0.315. The van der Waals surface area contributed by atoms with E-state index in [1.54, 1.807) is 7.11 Å². The SMILES string of the molecule is C=CC(=O)OCCCc1ccccc1[Si]OC. The molecule has 0 spiro atoms. The fourth-order valence-electron chi connectivity index (χ4n) is 1.44. The van der Waals surface area contributed by atoms with Crippen molar-refractivity contribution >= 4 is 20.9 Å². The predicted octanol–water partition coefficient (Wildman–Crippen LogP) is 1.24. The van der Waals surface area contributed by atoms with E-state index in [2.05, 4.69) is 18.7 Å². The van der Waals surface area contributed by atoms with E-state index in [4.69, 9.17) is 9.16 Å². The lowest BCUT2D eigenvalue weighted by Gasteiger charge is -2.07. The van der Waals surface area contributed by atoms with Crippen molar-refractivity contribution in [3.05, 3.63) is 42.5 Å². The van der Waals surface area contributed by atoms with Gasteiger partial charge in [0.2, 0.25) is 0 Å². The molecule has 0 fully saturated rings. The summed E-state index contributed by atoms with van der Waals surface area (Å²) >= 11 is 0. The Morgan fingerprint density at radius 2 is 2.24 bits per heavy atom. The molecule has 0 heterocycles. The lowest BCUT2D eigenvalue weighted by molar-refractivity contribution is -0.137. The van der Waals surface area contributed by atoms with E-state index >= 15 is 0 Å². The van der Waals surface area contributed by atoms with E-state index in [9.17, 15) is 4.79 Å². The first-order valence-corrected chi connectivity index (χ1v) is 6.35. The average Bonchev–Trinajstić information content (AvgIpc) is 2.36. The van der Waals surface area contributed by atoms with Gasteiger partial charge in [0, 0.05) is 13.2 Å². The van der Waals surface area contributed by atoms with Crippen molar-refractivity contribution in [3.63, 3.8) is 0 Å². The minimum absolute atomic E-state index is 0.364. The van der Waals surface area contributed by atoms with Crippen molar-refractivity contribution in [2.75, 3.05) is 13.7 Å². The molecule has 4 heteroatoms. The molecule has 17 heavy (non-hydrogen) atoms. The van der Waals surface area contributed by atoms with Gasteiger partial charge in [-0.2, -0.15) is 0 Å². The summed E-state index contributed by atoms with van der Waals surface area (Å²) in [5, 5.41) is 1.21. The van der Waals surface area contributed by atoms with Crippen LogP contribution in [-0.4, -0.2) is 29.4 Å². The normalized spacial score (nSPS) is 9.94. The predicted molar refractivity (Wildman–Crippen MR) is 68.3 cm³/mol. The second-order valence-corrected chi connectivity index (χ2v) is 4.59. The van der Waals surface area contributed by atoms with Gasteiger partial charge in [-0.25, -0.2) is 4.79 Å². The number of hydrogen-bond donors (Lipinski definition) is 0. The van der Waals surface area contributed by atoms with Crippen LogP contribution in [0.2, 0.25) is 0 Å². The Morgan fingerprint density at radius 3 is 2.94 bits per heavy atom. The van der Waals surface area contributed by atoms with Crippen molar-refractivity contribution in [2.24, 2.45) is 0 Å². The Bertz CT molecular complexity index is 377. The minimum atomic E-state index is -0.364. The highest BCUT2D eigenvalue weighted by Crippen LogP contribution is 2.01. The molecule has 1 aromatic rings. The maximum absolute atomic E-state index is 10.8. The van der Waals surface area contributed by atoms with Gasteiger partial charge in [0.1, 0.15) is 0 Å². The van der Waals surface area contributed by atoms with E-state index in [0.29, 0.717) is 16.4 Å². The number of carbonyl (C=O) groups is 1. The molecule has 0 aliphatic heterocycles. The highest BCUT2D eigenvalue weighted by Gasteiger charge is 2.03. The number of hydrogen-bond acceptors (Lipinski definition) is 3. The fourth-order valence-corrected chi connectivity index (χ4v) is 2.17. The molecule has 0 aliphatic carbocycles. The summed E-state index contributed by atoms with van der Waals surface area (Å²) in [6, 6.07) is 8.15. The van der Waals surface area contributed by atoms with Crippen molar-refractivity contribution in [1.82, 2.24) is 0 Å². The van der Waals surface area contributed by atoms with Crippen molar-refractivity contribution in [2.45, 2.75) is 12.8 Å². The summed E-state index contributed by atoms with van der Waals surface area (Å²) in [4.78, 5) is 10.8. The lowest BCUT2D eigenvalue weighted by Crippen LogP contribution is -2.21. The third-order valence-corrected chi connectivity index (χ3v) is 3.14. The van der Waals surface area contributed by atoms with Gasteiger partial charge in [-0.05, 0) is 23.6 Å². The van der Waals surface area contributed by atoms with Crippen LogP contribution in [0.1, 0.15) is 12.0 Å². The number of benzene rings is 1. The van der Waals surface area contributed by atoms with Gasteiger partial charge in [-0.3, -0.25) is 0 Å². The molecule has 2 radical (unpaired) electrons. The van der Waals surface area contributed by atoms with Crippen LogP contribution >= 0.6 is 0 Å². The first kappa shape index (κ1) is 13.7. The van der Waals surface area contributed by atoms with Gasteiger partial charge in [0.15, 0.2) is 0 Å². The molecular formula is C13H16O3Si. The topological polar surface area (TPSA) is 35.5 Å². The Hall–Kier alpha value is -1.39. The van der Waals surface area contributed by atoms with Crippen LogP contribution in [0, 0.1) is 0 Å². The monoisotopic (exact) mass is 248 g/mol.